The number of carboxylic acid groups (broad SMARTS) is 1. The van der Waals surface area contributed by atoms with E-state index in [4.69, 9.17) is 0 Å². The Labute approximate surface area is 105 Å². The van der Waals surface area contributed by atoms with Crippen LogP contribution in [0.3, 0.4) is 0 Å². The summed E-state index contributed by atoms with van der Waals surface area (Å²) in [7, 11) is 1.73. The predicted molar refractivity (Wildman–Crippen MR) is 66.9 cm³/mol. The van der Waals surface area contributed by atoms with Crippen LogP contribution in [-0.4, -0.2) is 20.9 Å². The first-order chi connectivity index (χ1) is 8.68. The lowest BCUT2D eigenvalue weighted by molar-refractivity contribution is -0.139. The van der Waals surface area contributed by atoms with Crippen molar-refractivity contribution in [1.29, 1.82) is 0 Å². The summed E-state index contributed by atoms with van der Waals surface area (Å²) < 4.78 is 1.57. The van der Waals surface area contributed by atoms with Gasteiger partial charge in [0.05, 0.1) is 5.69 Å². The number of nitrogens with one attached hydrogen (secondary N) is 1. The number of aryl methyl sites for hydroxylation is 1. The molecule has 0 saturated carbocycles. The van der Waals surface area contributed by atoms with E-state index >= 15 is 0 Å². The number of nitrogens with zero attached hydrogens (tertiary/aromatic N) is 2. The van der Waals surface area contributed by atoms with Gasteiger partial charge in [-0.3, -0.25) is 14.8 Å². The molecule has 5 nitrogen and oxygen atoms in total. The number of aliphatic carboxylic acids is 1. The van der Waals surface area contributed by atoms with E-state index in [1.54, 1.807) is 24.0 Å². The molecule has 0 unspecified atom stereocenters. The second kappa shape index (κ2) is 5.46. The third-order valence-corrected chi connectivity index (χ3v) is 2.75. The first kappa shape index (κ1) is 12.3. The smallest absolute Gasteiger partial charge is 0.326 e. The van der Waals surface area contributed by atoms with Gasteiger partial charge in [0.1, 0.15) is 6.04 Å². The van der Waals surface area contributed by atoms with Gasteiger partial charge in [-0.15, -0.1) is 0 Å². The Morgan fingerprint density at radius 2 is 2.11 bits per heavy atom. The van der Waals surface area contributed by atoms with E-state index in [-0.39, 0.29) is 0 Å². The number of carbonyl (C=O) groups is 1. The molecule has 5 heteroatoms. The maximum Gasteiger partial charge on any atom is 0.326 e. The Morgan fingerprint density at radius 3 is 2.67 bits per heavy atom. The first-order valence-electron chi connectivity index (χ1n) is 5.66. The highest BCUT2D eigenvalue weighted by Crippen LogP contribution is 2.12. The van der Waals surface area contributed by atoms with Gasteiger partial charge in [-0.25, -0.2) is 0 Å². The van der Waals surface area contributed by atoms with Crippen molar-refractivity contribution in [2.24, 2.45) is 7.05 Å². The van der Waals surface area contributed by atoms with E-state index in [1.165, 1.54) is 0 Å². The van der Waals surface area contributed by atoms with E-state index < -0.39 is 12.0 Å². The van der Waals surface area contributed by atoms with E-state index in [0.29, 0.717) is 12.2 Å². The fraction of sp³-hybridized carbons (Fsp3) is 0.231. The largest absolute Gasteiger partial charge is 0.480 e. The third kappa shape index (κ3) is 2.75. The monoisotopic (exact) mass is 245 g/mol. The minimum atomic E-state index is -0.908. The van der Waals surface area contributed by atoms with E-state index in [1.807, 2.05) is 30.3 Å². The van der Waals surface area contributed by atoms with Crippen LogP contribution in [0.4, 0.5) is 0 Å². The number of aromatic nitrogens is 2. The molecular formula is C13H15N3O2. The molecule has 0 radical (unpaired) electrons. The minimum absolute atomic E-state index is 0.503. The molecule has 2 rings (SSSR count). The maximum atomic E-state index is 11.3. The van der Waals surface area contributed by atoms with Gasteiger partial charge >= 0.3 is 5.97 Å². The number of benzene rings is 1. The van der Waals surface area contributed by atoms with E-state index in [9.17, 15) is 9.90 Å². The summed E-state index contributed by atoms with van der Waals surface area (Å²) in [5.74, 6) is -0.908. The van der Waals surface area contributed by atoms with Crippen LogP contribution >= 0.6 is 0 Å². The lowest BCUT2D eigenvalue weighted by Gasteiger charge is -2.14. The standard InChI is InChI=1S/C13H15N3O2/c1-16-11(7-8-15-16)12(13(17)18)14-9-10-5-3-2-4-6-10/h2-8,12,14H,9H2,1H3,(H,17,18)/t12-/m0/s1. The number of hydrogen-bond acceptors (Lipinski definition) is 3. The number of carboxylic acids is 1. The van der Waals surface area contributed by atoms with Crippen LogP contribution in [0.25, 0.3) is 0 Å². The van der Waals surface area contributed by atoms with Gasteiger partial charge in [0, 0.05) is 19.8 Å². The highest BCUT2D eigenvalue weighted by molar-refractivity contribution is 5.74. The highest BCUT2D eigenvalue weighted by Gasteiger charge is 2.21. The molecule has 0 bridgehead atoms. The van der Waals surface area contributed by atoms with Crippen molar-refractivity contribution < 1.29 is 9.90 Å². The molecule has 0 fully saturated rings. The zero-order chi connectivity index (χ0) is 13.0. The summed E-state index contributed by atoms with van der Waals surface area (Å²) in [5, 5.41) is 16.3. The Morgan fingerprint density at radius 1 is 1.39 bits per heavy atom. The lowest BCUT2D eigenvalue weighted by atomic mass is 10.1. The molecule has 0 aliphatic carbocycles. The zero-order valence-electron chi connectivity index (χ0n) is 10.1. The Bertz CT molecular complexity index is 522. The van der Waals surface area contributed by atoms with Gasteiger partial charge in [-0.05, 0) is 11.6 Å². The molecule has 0 saturated heterocycles. The van der Waals surface area contributed by atoms with Gasteiger partial charge < -0.3 is 5.11 Å². The Balaban J connectivity index is 2.09. The van der Waals surface area contributed by atoms with Crippen LogP contribution in [0.2, 0.25) is 0 Å². The van der Waals surface area contributed by atoms with Crippen LogP contribution in [-0.2, 0) is 18.4 Å². The molecule has 2 N–H and O–H groups in total. The fourth-order valence-electron chi connectivity index (χ4n) is 1.80. The molecule has 1 atom stereocenters. The maximum absolute atomic E-state index is 11.3. The molecule has 1 aromatic heterocycles. The van der Waals surface area contributed by atoms with Crippen LogP contribution in [0, 0.1) is 0 Å². The van der Waals surface area contributed by atoms with Crippen molar-refractivity contribution in [3.05, 3.63) is 53.9 Å². The number of hydrogen-bond donors (Lipinski definition) is 2. The van der Waals surface area contributed by atoms with Gasteiger partial charge in [0.2, 0.25) is 0 Å². The van der Waals surface area contributed by atoms with E-state index in [0.717, 1.165) is 5.56 Å². The summed E-state index contributed by atoms with van der Waals surface area (Å²) in [6.07, 6.45) is 1.59. The molecule has 0 amide bonds. The molecule has 1 aromatic carbocycles. The van der Waals surface area contributed by atoms with Crippen LogP contribution < -0.4 is 5.32 Å². The second-order valence-corrected chi connectivity index (χ2v) is 4.02. The Kier molecular flexibility index (Phi) is 3.74. The van der Waals surface area contributed by atoms with Crippen LogP contribution in [0.15, 0.2) is 42.6 Å². The van der Waals surface area contributed by atoms with Gasteiger partial charge in [-0.1, -0.05) is 30.3 Å². The second-order valence-electron chi connectivity index (χ2n) is 4.02. The fourth-order valence-corrected chi connectivity index (χ4v) is 1.80. The highest BCUT2D eigenvalue weighted by atomic mass is 16.4. The normalized spacial score (nSPS) is 12.3. The topological polar surface area (TPSA) is 67.2 Å². The molecular weight excluding hydrogens is 230 g/mol. The van der Waals surface area contributed by atoms with Crippen LogP contribution in [0.1, 0.15) is 17.3 Å². The van der Waals surface area contributed by atoms with E-state index in [2.05, 4.69) is 10.4 Å². The molecule has 2 aromatic rings. The molecule has 1 heterocycles. The molecule has 0 aliphatic heterocycles. The number of rotatable bonds is 5. The van der Waals surface area contributed by atoms with Crippen molar-refractivity contribution in [3.63, 3.8) is 0 Å². The summed E-state index contributed by atoms with van der Waals surface area (Å²) in [5.41, 5.74) is 1.68. The van der Waals surface area contributed by atoms with Gasteiger partial charge in [0.15, 0.2) is 0 Å². The van der Waals surface area contributed by atoms with Crippen molar-refractivity contribution in [1.82, 2.24) is 15.1 Å². The average molecular weight is 245 g/mol. The summed E-state index contributed by atoms with van der Waals surface area (Å²) >= 11 is 0. The quantitative estimate of drug-likeness (QED) is 0.834. The molecule has 18 heavy (non-hydrogen) atoms. The summed E-state index contributed by atoms with van der Waals surface area (Å²) in [4.78, 5) is 11.3. The molecule has 94 valence electrons. The molecule has 0 aliphatic rings. The zero-order valence-corrected chi connectivity index (χ0v) is 10.1. The predicted octanol–water partition coefficient (Wildman–Crippen LogP) is 1.34. The van der Waals surface area contributed by atoms with Gasteiger partial charge in [0.25, 0.3) is 0 Å². The van der Waals surface area contributed by atoms with Crippen molar-refractivity contribution in [3.8, 4) is 0 Å². The summed E-state index contributed by atoms with van der Waals surface area (Å²) in [6, 6.07) is 10.6. The summed E-state index contributed by atoms with van der Waals surface area (Å²) in [6.45, 7) is 0.503. The van der Waals surface area contributed by atoms with Crippen molar-refractivity contribution in [2.75, 3.05) is 0 Å². The average Bonchev–Trinajstić information content (AvgIpc) is 2.77. The van der Waals surface area contributed by atoms with Crippen LogP contribution in [0.5, 0.6) is 0 Å². The minimum Gasteiger partial charge on any atom is -0.480 e. The third-order valence-electron chi connectivity index (χ3n) is 2.75. The van der Waals surface area contributed by atoms with Crippen molar-refractivity contribution in [2.45, 2.75) is 12.6 Å². The lowest BCUT2D eigenvalue weighted by Crippen LogP contribution is -2.29. The first-order valence-corrected chi connectivity index (χ1v) is 5.66. The molecule has 0 spiro atoms. The SMILES string of the molecule is Cn1nccc1[C@H](NCc1ccccc1)C(=O)O. The Hall–Kier alpha value is -2.14. The van der Waals surface area contributed by atoms with Crippen molar-refractivity contribution >= 4 is 5.97 Å². The van der Waals surface area contributed by atoms with Gasteiger partial charge in [-0.2, -0.15) is 5.10 Å².